The lowest BCUT2D eigenvalue weighted by Crippen LogP contribution is -2.44. The molecule has 3 heteroatoms. The first-order valence-electron chi connectivity index (χ1n) is 6.25. The molecule has 1 atom stereocenters. The van der Waals surface area contributed by atoms with E-state index in [0.717, 1.165) is 5.92 Å². The van der Waals surface area contributed by atoms with Crippen LogP contribution in [0, 0.1) is 5.92 Å². The first-order chi connectivity index (χ1) is 7.18. The summed E-state index contributed by atoms with van der Waals surface area (Å²) in [5.74, 6) is 2.32. The zero-order valence-electron chi connectivity index (χ0n) is 10.1. The van der Waals surface area contributed by atoms with Crippen LogP contribution in [0.25, 0.3) is 0 Å². The molecule has 2 heterocycles. The highest BCUT2D eigenvalue weighted by Crippen LogP contribution is 2.43. The van der Waals surface area contributed by atoms with Crippen LogP contribution in [-0.2, 0) is 0 Å². The highest BCUT2D eigenvalue weighted by atomic mass is 32.2. The SMILES string of the molecule is CC1(C)SCCC1CCN1CCNCC1. The van der Waals surface area contributed by atoms with Gasteiger partial charge in [0.25, 0.3) is 0 Å². The summed E-state index contributed by atoms with van der Waals surface area (Å²) in [5, 5.41) is 3.41. The molecule has 2 rings (SSSR count). The molecule has 88 valence electrons. The van der Waals surface area contributed by atoms with Crippen molar-refractivity contribution in [2.45, 2.75) is 31.4 Å². The molecule has 0 spiro atoms. The predicted molar refractivity (Wildman–Crippen MR) is 68.6 cm³/mol. The number of hydrogen-bond acceptors (Lipinski definition) is 3. The molecule has 2 saturated heterocycles. The van der Waals surface area contributed by atoms with Crippen LogP contribution in [0.1, 0.15) is 26.7 Å². The molecule has 2 aliphatic heterocycles. The average Bonchev–Trinajstić information content (AvgIpc) is 2.56. The van der Waals surface area contributed by atoms with E-state index in [2.05, 4.69) is 35.8 Å². The molecule has 0 aromatic carbocycles. The third kappa shape index (κ3) is 3.11. The second-order valence-corrected chi connectivity index (χ2v) is 7.07. The van der Waals surface area contributed by atoms with Gasteiger partial charge in [-0.3, -0.25) is 0 Å². The van der Waals surface area contributed by atoms with Gasteiger partial charge in [0.2, 0.25) is 0 Å². The molecule has 0 bridgehead atoms. The molecule has 0 saturated carbocycles. The van der Waals surface area contributed by atoms with Crippen molar-refractivity contribution in [3.8, 4) is 0 Å². The Morgan fingerprint density at radius 2 is 2.07 bits per heavy atom. The van der Waals surface area contributed by atoms with Gasteiger partial charge in [-0.25, -0.2) is 0 Å². The maximum absolute atomic E-state index is 3.41. The van der Waals surface area contributed by atoms with Gasteiger partial charge in [-0.05, 0) is 31.1 Å². The Kier molecular flexibility index (Phi) is 3.97. The van der Waals surface area contributed by atoms with Crippen LogP contribution < -0.4 is 5.32 Å². The normalized spacial score (nSPS) is 32.0. The number of nitrogens with one attached hydrogen (secondary N) is 1. The minimum absolute atomic E-state index is 0.536. The molecular weight excluding hydrogens is 204 g/mol. The minimum Gasteiger partial charge on any atom is -0.314 e. The van der Waals surface area contributed by atoms with Crippen molar-refractivity contribution >= 4 is 11.8 Å². The number of hydrogen-bond donors (Lipinski definition) is 1. The summed E-state index contributed by atoms with van der Waals surface area (Å²) in [6.45, 7) is 11.0. The van der Waals surface area contributed by atoms with E-state index < -0.39 is 0 Å². The maximum Gasteiger partial charge on any atom is 0.0132 e. The van der Waals surface area contributed by atoms with E-state index in [9.17, 15) is 0 Å². The summed E-state index contributed by atoms with van der Waals surface area (Å²) < 4.78 is 0.536. The van der Waals surface area contributed by atoms with E-state index in [0.29, 0.717) is 4.75 Å². The van der Waals surface area contributed by atoms with Gasteiger partial charge in [0.15, 0.2) is 0 Å². The van der Waals surface area contributed by atoms with Crippen molar-refractivity contribution in [2.24, 2.45) is 5.92 Å². The van der Waals surface area contributed by atoms with Gasteiger partial charge in [-0.2, -0.15) is 11.8 Å². The molecule has 15 heavy (non-hydrogen) atoms. The first kappa shape index (κ1) is 11.7. The smallest absolute Gasteiger partial charge is 0.0132 e. The summed E-state index contributed by atoms with van der Waals surface area (Å²) in [5.41, 5.74) is 0. The standard InChI is InChI=1S/C12H24N2S/c1-12(2)11(4-10-15-12)3-7-14-8-5-13-6-9-14/h11,13H,3-10H2,1-2H3. The molecule has 0 amide bonds. The quantitative estimate of drug-likeness (QED) is 0.793. The zero-order chi connectivity index (χ0) is 10.7. The molecule has 2 nitrogen and oxygen atoms in total. The average molecular weight is 228 g/mol. The van der Waals surface area contributed by atoms with Crippen LogP contribution in [0.15, 0.2) is 0 Å². The highest BCUT2D eigenvalue weighted by Gasteiger charge is 2.34. The van der Waals surface area contributed by atoms with Gasteiger partial charge in [-0.15, -0.1) is 0 Å². The van der Waals surface area contributed by atoms with Gasteiger partial charge in [0.05, 0.1) is 0 Å². The Bertz CT molecular complexity index is 200. The van der Waals surface area contributed by atoms with Crippen LogP contribution in [0.4, 0.5) is 0 Å². The fraction of sp³-hybridized carbons (Fsp3) is 1.00. The lowest BCUT2D eigenvalue weighted by Gasteiger charge is -2.31. The first-order valence-corrected chi connectivity index (χ1v) is 7.24. The van der Waals surface area contributed by atoms with Gasteiger partial charge in [0.1, 0.15) is 0 Å². The number of nitrogens with zero attached hydrogens (tertiary/aromatic N) is 1. The number of rotatable bonds is 3. The number of thioether (sulfide) groups is 1. The molecule has 0 aromatic heterocycles. The van der Waals surface area contributed by atoms with Crippen LogP contribution in [-0.4, -0.2) is 48.1 Å². The van der Waals surface area contributed by atoms with Gasteiger partial charge in [-0.1, -0.05) is 13.8 Å². The molecule has 0 radical (unpaired) electrons. The predicted octanol–water partition coefficient (Wildman–Crippen LogP) is 1.81. The van der Waals surface area contributed by atoms with Crippen molar-refractivity contribution in [2.75, 3.05) is 38.5 Å². The lowest BCUT2D eigenvalue weighted by molar-refractivity contribution is 0.217. The van der Waals surface area contributed by atoms with E-state index in [-0.39, 0.29) is 0 Å². The largest absolute Gasteiger partial charge is 0.314 e. The third-order valence-electron chi connectivity index (χ3n) is 3.93. The van der Waals surface area contributed by atoms with Gasteiger partial charge < -0.3 is 10.2 Å². The highest BCUT2D eigenvalue weighted by molar-refractivity contribution is 8.00. The molecule has 1 N–H and O–H groups in total. The van der Waals surface area contributed by atoms with Crippen molar-refractivity contribution in [3.05, 3.63) is 0 Å². The van der Waals surface area contributed by atoms with E-state index in [4.69, 9.17) is 0 Å². The van der Waals surface area contributed by atoms with Crippen LogP contribution in [0.2, 0.25) is 0 Å². The van der Waals surface area contributed by atoms with E-state index >= 15 is 0 Å². The summed E-state index contributed by atoms with van der Waals surface area (Å²) in [6.07, 6.45) is 2.84. The fourth-order valence-electron chi connectivity index (χ4n) is 2.69. The van der Waals surface area contributed by atoms with Gasteiger partial charge in [0, 0.05) is 30.9 Å². The molecule has 0 aliphatic carbocycles. The lowest BCUT2D eigenvalue weighted by atomic mass is 9.89. The van der Waals surface area contributed by atoms with E-state index in [1.54, 1.807) is 0 Å². The van der Waals surface area contributed by atoms with Crippen molar-refractivity contribution < 1.29 is 0 Å². The van der Waals surface area contributed by atoms with Crippen LogP contribution >= 0.6 is 11.8 Å². The monoisotopic (exact) mass is 228 g/mol. The van der Waals surface area contributed by atoms with Crippen molar-refractivity contribution in [3.63, 3.8) is 0 Å². The van der Waals surface area contributed by atoms with Crippen molar-refractivity contribution in [1.29, 1.82) is 0 Å². The second-order valence-electron chi connectivity index (χ2n) is 5.32. The van der Waals surface area contributed by atoms with E-state index in [1.807, 2.05) is 0 Å². The fourth-order valence-corrected chi connectivity index (χ4v) is 4.09. The second kappa shape index (κ2) is 5.07. The van der Waals surface area contributed by atoms with Crippen molar-refractivity contribution in [1.82, 2.24) is 10.2 Å². The topological polar surface area (TPSA) is 15.3 Å². The molecule has 2 aliphatic rings. The Hall–Kier alpha value is 0.270. The zero-order valence-corrected chi connectivity index (χ0v) is 10.9. The Morgan fingerprint density at radius 1 is 1.33 bits per heavy atom. The molecule has 1 unspecified atom stereocenters. The van der Waals surface area contributed by atoms with Gasteiger partial charge >= 0.3 is 0 Å². The van der Waals surface area contributed by atoms with E-state index in [1.165, 1.54) is 51.3 Å². The number of piperazine rings is 1. The summed E-state index contributed by atoms with van der Waals surface area (Å²) in [6, 6.07) is 0. The summed E-state index contributed by atoms with van der Waals surface area (Å²) in [7, 11) is 0. The molecular formula is C12H24N2S. The Labute approximate surface area is 98.2 Å². The minimum atomic E-state index is 0.536. The summed E-state index contributed by atoms with van der Waals surface area (Å²) >= 11 is 2.16. The van der Waals surface area contributed by atoms with Crippen LogP contribution in [0.5, 0.6) is 0 Å². The Balaban J connectivity index is 1.72. The molecule has 0 aromatic rings. The van der Waals surface area contributed by atoms with Crippen LogP contribution in [0.3, 0.4) is 0 Å². The third-order valence-corrected chi connectivity index (χ3v) is 5.44. The molecule has 2 fully saturated rings. The summed E-state index contributed by atoms with van der Waals surface area (Å²) in [4.78, 5) is 2.62. The Morgan fingerprint density at radius 3 is 2.67 bits per heavy atom. The maximum atomic E-state index is 3.41.